The lowest BCUT2D eigenvalue weighted by Crippen LogP contribution is -2.20. The lowest BCUT2D eigenvalue weighted by molar-refractivity contribution is -0.116. The summed E-state index contributed by atoms with van der Waals surface area (Å²) in [6.45, 7) is 5.70. The van der Waals surface area contributed by atoms with Crippen LogP contribution in [0, 0.1) is 6.92 Å². The van der Waals surface area contributed by atoms with E-state index in [1.807, 2.05) is 19.1 Å². The van der Waals surface area contributed by atoms with Crippen molar-refractivity contribution in [1.29, 1.82) is 0 Å². The molecule has 74 valence electrons. The molecule has 14 heavy (non-hydrogen) atoms. The van der Waals surface area contributed by atoms with Crippen molar-refractivity contribution < 1.29 is 4.79 Å². The average molecular weight is 255 g/mol. The van der Waals surface area contributed by atoms with Crippen LogP contribution in [0.25, 0.3) is 0 Å². The topological polar surface area (TPSA) is 42.0 Å². The fraction of sp³-hybridized carbons (Fsp3) is 0.200. The van der Waals surface area contributed by atoms with E-state index in [2.05, 4.69) is 32.8 Å². The van der Waals surface area contributed by atoms with Gasteiger partial charge in [0.1, 0.15) is 0 Å². The Morgan fingerprint density at radius 1 is 1.71 bits per heavy atom. The third-order valence-electron chi connectivity index (χ3n) is 1.71. The molecule has 0 saturated carbocycles. The number of nitrogens with zero attached hydrogens (tertiary/aromatic N) is 1. The zero-order valence-electron chi connectivity index (χ0n) is 7.88. The molecule has 0 fully saturated rings. The van der Waals surface area contributed by atoms with Crippen molar-refractivity contribution >= 4 is 21.8 Å². The summed E-state index contributed by atoms with van der Waals surface area (Å²) < 4.78 is 0.969. The van der Waals surface area contributed by atoms with Gasteiger partial charge < -0.3 is 5.32 Å². The van der Waals surface area contributed by atoms with Crippen LogP contribution < -0.4 is 5.32 Å². The van der Waals surface area contributed by atoms with Crippen LogP contribution in [0.2, 0.25) is 0 Å². The summed E-state index contributed by atoms with van der Waals surface area (Å²) in [7, 11) is 0. The first kappa shape index (κ1) is 10.9. The molecule has 0 radical (unpaired) electrons. The molecule has 3 nitrogen and oxygen atoms in total. The fourth-order valence-corrected chi connectivity index (χ4v) is 1.17. The lowest BCUT2D eigenvalue weighted by atomic mass is 10.3. The number of hydrogen-bond acceptors (Lipinski definition) is 2. The zero-order valence-corrected chi connectivity index (χ0v) is 9.47. The molecule has 0 atom stereocenters. The molecule has 0 aromatic carbocycles. The number of amides is 1. The third kappa shape index (κ3) is 2.96. The Morgan fingerprint density at radius 2 is 2.43 bits per heavy atom. The van der Waals surface area contributed by atoms with Gasteiger partial charge in [0.05, 0.1) is 17.9 Å². The Hall–Kier alpha value is -1.16. The predicted octanol–water partition coefficient (Wildman–Crippen LogP) is 1.95. The van der Waals surface area contributed by atoms with Crippen molar-refractivity contribution in [3.8, 4) is 0 Å². The monoisotopic (exact) mass is 254 g/mol. The second kappa shape index (κ2) is 4.91. The van der Waals surface area contributed by atoms with Gasteiger partial charge in [-0.1, -0.05) is 6.58 Å². The first-order valence-corrected chi connectivity index (χ1v) is 4.95. The summed E-state index contributed by atoms with van der Waals surface area (Å²) in [6.07, 6.45) is 1.24. The van der Waals surface area contributed by atoms with Gasteiger partial charge in [-0.2, -0.15) is 0 Å². The van der Waals surface area contributed by atoms with Crippen molar-refractivity contribution in [2.45, 2.75) is 13.5 Å². The number of pyridine rings is 1. The molecule has 1 aromatic rings. The molecule has 0 saturated heterocycles. The van der Waals surface area contributed by atoms with Crippen molar-refractivity contribution in [2.75, 3.05) is 0 Å². The molecule has 4 heteroatoms. The molecule has 0 spiro atoms. The van der Waals surface area contributed by atoms with E-state index in [4.69, 9.17) is 0 Å². The second-order valence-electron chi connectivity index (χ2n) is 2.79. The molecular weight excluding hydrogens is 244 g/mol. The van der Waals surface area contributed by atoms with Crippen LogP contribution in [0.1, 0.15) is 11.4 Å². The van der Waals surface area contributed by atoms with Gasteiger partial charge in [-0.25, -0.2) is 0 Å². The summed E-state index contributed by atoms with van der Waals surface area (Å²) in [5.41, 5.74) is 1.75. The molecule has 1 amide bonds. The third-order valence-corrected chi connectivity index (χ3v) is 2.55. The van der Waals surface area contributed by atoms with Gasteiger partial charge in [-0.15, -0.1) is 0 Å². The molecule has 0 bridgehead atoms. The van der Waals surface area contributed by atoms with E-state index < -0.39 is 0 Å². The molecule has 0 unspecified atom stereocenters. The van der Waals surface area contributed by atoms with Crippen molar-refractivity contribution in [1.82, 2.24) is 10.3 Å². The highest BCUT2D eigenvalue weighted by atomic mass is 79.9. The summed E-state index contributed by atoms with van der Waals surface area (Å²) in [5.74, 6) is -0.188. The van der Waals surface area contributed by atoms with Crippen LogP contribution in [0.15, 0.2) is 29.3 Å². The van der Waals surface area contributed by atoms with Crippen molar-refractivity contribution in [3.63, 3.8) is 0 Å². The van der Waals surface area contributed by atoms with Crippen molar-refractivity contribution in [3.05, 3.63) is 40.6 Å². The number of carbonyl (C=O) groups is 1. The van der Waals surface area contributed by atoms with E-state index in [1.54, 1.807) is 0 Å². The smallest absolute Gasteiger partial charge is 0.243 e. The highest BCUT2D eigenvalue weighted by Crippen LogP contribution is 2.13. The van der Waals surface area contributed by atoms with Crippen LogP contribution in [0.5, 0.6) is 0 Å². The molecular formula is C10H11BrN2O. The summed E-state index contributed by atoms with van der Waals surface area (Å²) in [4.78, 5) is 15.2. The number of nitrogens with one attached hydrogen (secondary N) is 1. The average Bonchev–Trinajstić information content (AvgIpc) is 2.19. The normalized spacial score (nSPS) is 9.57. The quantitative estimate of drug-likeness (QED) is 0.839. The maximum Gasteiger partial charge on any atom is 0.243 e. The summed E-state index contributed by atoms with van der Waals surface area (Å²) in [6, 6.07) is 3.78. The fourth-order valence-electron chi connectivity index (χ4n) is 0.944. The van der Waals surface area contributed by atoms with Gasteiger partial charge in [-0.05, 0) is 41.1 Å². The summed E-state index contributed by atoms with van der Waals surface area (Å²) >= 11 is 3.36. The highest BCUT2D eigenvalue weighted by molar-refractivity contribution is 9.10. The number of rotatable bonds is 3. The Bertz CT molecular complexity index is 363. The van der Waals surface area contributed by atoms with Gasteiger partial charge in [0.25, 0.3) is 0 Å². The number of carbonyl (C=O) groups excluding carboxylic acids is 1. The number of hydrogen-bond donors (Lipinski definition) is 1. The number of halogens is 1. The Kier molecular flexibility index (Phi) is 3.83. The van der Waals surface area contributed by atoms with E-state index in [1.165, 1.54) is 6.08 Å². The number of aromatic nitrogens is 1. The molecule has 1 rings (SSSR count). The molecule has 0 aliphatic rings. The maximum absolute atomic E-state index is 10.9. The number of aryl methyl sites for hydroxylation is 1. The summed E-state index contributed by atoms with van der Waals surface area (Å²) in [5, 5.41) is 2.66. The van der Waals surface area contributed by atoms with Crippen LogP contribution in [0.4, 0.5) is 0 Å². The minimum Gasteiger partial charge on any atom is -0.347 e. The Morgan fingerprint density at radius 3 is 3.00 bits per heavy atom. The van der Waals surface area contributed by atoms with Gasteiger partial charge in [0.15, 0.2) is 0 Å². The second-order valence-corrected chi connectivity index (χ2v) is 3.65. The molecule has 0 aliphatic heterocycles. The van der Waals surface area contributed by atoms with E-state index in [0.717, 1.165) is 15.9 Å². The van der Waals surface area contributed by atoms with Crippen LogP contribution in [-0.4, -0.2) is 10.9 Å². The molecule has 1 N–H and O–H groups in total. The predicted molar refractivity (Wildman–Crippen MR) is 58.7 cm³/mol. The van der Waals surface area contributed by atoms with Gasteiger partial charge in [0, 0.05) is 4.47 Å². The van der Waals surface area contributed by atoms with E-state index in [9.17, 15) is 4.79 Å². The molecule has 1 aromatic heterocycles. The minimum atomic E-state index is -0.188. The molecule has 1 heterocycles. The first-order chi connectivity index (χ1) is 6.63. The van der Waals surface area contributed by atoms with Crippen LogP contribution >= 0.6 is 15.9 Å². The van der Waals surface area contributed by atoms with Crippen LogP contribution in [0.3, 0.4) is 0 Å². The van der Waals surface area contributed by atoms with Crippen LogP contribution in [-0.2, 0) is 11.3 Å². The van der Waals surface area contributed by atoms with Crippen molar-refractivity contribution in [2.24, 2.45) is 0 Å². The standard InChI is InChI=1S/C10H11BrN2O/c1-3-10(14)12-6-8-4-5-9(11)7(2)13-8/h3-5H,1,6H2,2H3,(H,12,14). The van der Waals surface area contributed by atoms with Gasteiger partial charge >= 0.3 is 0 Å². The lowest BCUT2D eigenvalue weighted by Gasteiger charge is -2.03. The largest absolute Gasteiger partial charge is 0.347 e. The molecule has 0 aliphatic carbocycles. The minimum absolute atomic E-state index is 0.188. The SMILES string of the molecule is C=CC(=O)NCc1ccc(Br)c(C)n1. The Balaban J connectivity index is 2.64. The van der Waals surface area contributed by atoms with E-state index in [0.29, 0.717) is 6.54 Å². The maximum atomic E-state index is 10.9. The van der Waals surface area contributed by atoms with Gasteiger partial charge in [0.2, 0.25) is 5.91 Å². The van der Waals surface area contributed by atoms with E-state index >= 15 is 0 Å². The first-order valence-electron chi connectivity index (χ1n) is 4.16. The zero-order chi connectivity index (χ0) is 10.6. The Labute approximate surface area is 91.4 Å². The highest BCUT2D eigenvalue weighted by Gasteiger charge is 2.00. The van der Waals surface area contributed by atoms with Gasteiger partial charge in [-0.3, -0.25) is 9.78 Å². The van der Waals surface area contributed by atoms with E-state index in [-0.39, 0.29) is 5.91 Å².